The van der Waals surface area contributed by atoms with Gasteiger partial charge in [0, 0.05) is 11.3 Å². The Kier molecular flexibility index (Phi) is 3.62. The number of anilines is 2. The van der Waals surface area contributed by atoms with Gasteiger partial charge in [0.15, 0.2) is 0 Å². The molecule has 1 heterocycles. The van der Waals surface area contributed by atoms with Crippen LogP contribution in [0.1, 0.15) is 5.56 Å². The van der Waals surface area contributed by atoms with Crippen LogP contribution in [0.3, 0.4) is 0 Å². The van der Waals surface area contributed by atoms with Crippen molar-refractivity contribution < 1.29 is 9.31 Å². The number of rotatable bonds is 3. The molecule has 0 saturated carbocycles. The topological polar surface area (TPSA) is 68.1 Å². The molecule has 0 amide bonds. The first-order valence-electron chi connectivity index (χ1n) is 5.31. The highest BCUT2D eigenvalue weighted by molar-refractivity contribution is 6.29. The molecule has 98 valence electrons. The Labute approximate surface area is 113 Å². The summed E-state index contributed by atoms with van der Waals surface area (Å²) in [7, 11) is 0. The van der Waals surface area contributed by atoms with Gasteiger partial charge in [-0.3, -0.25) is 10.1 Å². The van der Waals surface area contributed by atoms with Gasteiger partial charge in [-0.25, -0.2) is 9.37 Å². The molecule has 7 heteroatoms. The molecule has 0 aliphatic rings. The number of benzene rings is 1. The zero-order chi connectivity index (χ0) is 14.0. The summed E-state index contributed by atoms with van der Waals surface area (Å²) >= 11 is 5.70. The predicted molar refractivity (Wildman–Crippen MR) is 70.3 cm³/mol. The van der Waals surface area contributed by atoms with E-state index in [0.717, 1.165) is 6.07 Å². The quantitative estimate of drug-likeness (QED) is 0.527. The molecule has 0 spiro atoms. The maximum atomic E-state index is 13.4. The van der Waals surface area contributed by atoms with Crippen molar-refractivity contribution in [1.29, 1.82) is 0 Å². The number of hydrogen-bond acceptors (Lipinski definition) is 4. The summed E-state index contributed by atoms with van der Waals surface area (Å²) in [6.07, 6.45) is 0. The summed E-state index contributed by atoms with van der Waals surface area (Å²) < 4.78 is 13.4. The van der Waals surface area contributed by atoms with Gasteiger partial charge in [0.1, 0.15) is 16.8 Å². The number of nitrogens with one attached hydrogen (secondary N) is 1. The fraction of sp³-hybridized carbons (Fsp3) is 0.0833. The number of hydrogen-bond donors (Lipinski definition) is 1. The number of nitrogens with zero attached hydrogens (tertiary/aromatic N) is 2. The highest BCUT2D eigenvalue weighted by Crippen LogP contribution is 2.25. The smallest absolute Gasteiger partial charge is 0.276 e. The van der Waals surface area contributed by atoms with Gasteiger partial charge in [0.25, 0.3) is 5.69 Å². The Morgan fingerprint density at radius 3 is 2.84 bits per heavy atom. The molecular formula is C12H9ClFN3O2. The van der Waals surface area contributed by atoms with Crippen molar-refractivity contribution in [2.24, 2.45) is 0 Å². The minimum absolute atomic E-state index is 0.00856. The van der Waals surface area contributed by atoms with Crippen LogP contribution < -0.4 is 5.32 Å². The van der Waals surface area contributed by atoms with Crippen molar-refractivity contribution in [2.45, 2.75) is 6.92 Å². The lowest BCUT2D eigenvalue weighted by Gasteiger charge is -2.09. The Hall–Kier alpha value is -2.21. The van der Waals surface area contributed by atoms with Gasteiger partial charge < -0.3 is 5.32 Å². The monoisotopic (exact) mass is 281 g/mol. The normalized spacial score (nSPS) is 10.3. The van der Waals surface area contributed by atoms with E-state index < -0.39 is 4.92 Å². The van der Waals surface area contributed by atoms with Crippen molar-refractivity contribution in [3.63, 3.8) is 0 Å². The van der Waals surface area contributed by atoms with Crippen LogP contribution in [0.15, 0.2) is 30.3 Å². The first-order valence-corrected chi connectivity index (χ1v) is 5.69. The Morgan fingerprint density at radius 2 is 2.16 bits per heavy atom. The number of nitro groups is 1. The maximum absolute atomic E-state index is 13.4. The van der Waals surface area contributed by atoms with Crippen molar-refractivity contribution in [1.82, 2.24) is 4.98 Å². The highest BCUT2D eigenvalue weighted by Gasteiger charge is 2.11. The van der Waals surface area contributed by atoms with E-state index in [1.807, 2.05) is 0 Å². The molecule has 0 atom stereocenters. The molecule has 0 bridgehead atoms. The third kappa shape index (κ3) is 2.97. The van der Waals surface area contributed by atoms with Gasteiger partial charge >= 0.3 is 0 Å². The van der Waals surface area contributed by atoms with E-state index in [2.05, 4.69) is 10.3 Å². The molecule has 0 unspecified atom stereocenters. The van der Waals surface area contributed by atoms with Crippen LogP contribution in [0.5, 0.6) is 0 Å². The van der Waals surface area contributed by atoms with Gasteiger partial charge in [-0.15, -0.1) is 0 Å². The molecule has 0 aliphatic carbocycles. The predicted octanol–water partition coefficient (Wildman–Crippen LogP) is 3.83. The lowest BCUT2D eigenvalue weighted by Crippen LogP contribution is -1.99. The summed E-state index contributed by atoms with van der Waals surface area (Å²) in [6.45, 7) is 1.59. The fourth-order valence-electron chi connectivity index (χ4n) is 1.53. The molecule has 19 heavy (non-hydrogen) atoms. The van der Waals surface area contributed by atoms with Gasteiger partial charge in [0.2, 0.25) is 0 Å². The zero-order valence-corrected chi connectivity index (χ0v) is 10.6. The fourth-order valence-corrected chi connectivity index (χ4v) is 1.74. The summed E-state index contributed by atoms with van der Waals surface area (Å²) in [5, 5.41) is 13.5. The molecule has 2 aromatic rings. The van der Waals surface area contributed by atoms with Crippen molar-refractivity contribution in [3.05, 3.63) is 57.0 Å². The first kappa shape index (κ1) is 13.2. The van der Waals surface area contributed by atoms with Crippen molar-refractivity contribution >= 4 is 28.8 Å². The average molecular weight is 282 g/mol. The SMILES string of the molecule is Cc1c(F)cccc1Nc1cc([N+](=O)[O-])cc(Cl)n1. The largest absolute Gasteiger partial charge is 0.340 e. The second kappa shape index (κ2) is 5.19. The Morgan fingerprint density at radius 1 is 1.42 bits per heavy atom. The van der Waals surface area contributed by atoms with Crippen molar-refractivity contribution in [2.75, 3.05) is 5.32 Å². The summed E-state index contributed by atoms with van der Waals surface area (Å²) in [5.41, 5.74) is 0.688. The van der Waals surface area contributed by atoms with Gasteiger partial charge in [0.05, 0.1) is 17.1 Å². The van der Waals surface area contributed by atoms with Gasteiger partial charge in [-0.2, -0.15) is 0 Å². The van der Waals surface area contributed by atoms with Crippen LogP contribution in [0.2, 0.25) is 5.15 Å². The average Bonchev–Trinajstić information content (AvgIpc) is 2.34. The molecule has 2 rings (SSSR count). The molecule has 0 aliphatic heterocycles. The molecule has 1 aromatic heterocycles. The minimum Gasteiger partial charge on any atom is -0.340 e. The summed E-state index contributed by atoms with van der Waals surface area (Å²) in [4.78, 5) is 14.0. The third-order valence-corrected chi connectivity index (χ3v) is 2.71. The van der Waals surface area contributed by atoms with E-state index in [-0.39, 0.29) is 22.5 Å². The number of aromatic nitrogens is 1. The molecule has 1 aromatic carbocycles. The van der Waals surface area contributed by atoms with E-state index in [1.54, 1.807) is 13.0 Å². The van der Waals surface area contributed by atoms with Crippen LogP contribution in [-0.2, 0) is 0 Å². The molecule has 0 radical (unpaired) electrons. The van der Waals surface area contributed by atoms with Crippen LogP contribution >= 0.6 is 11.6 Å². The second-order valence-electron chi connectivity index (χ2n) is 3.83. The standard InChI is InChI=1S/C12H9ClFN3O2/c1-7-9(14)3-2-4-10(7)15-12-6-8(17(18)19)5-11(13)16-12/h2-6H,1H3,(H,15,16). The Balaban J connectivity index is 2.38. The lowest BCUT2D eigenvalue weighted by molar-refractivity contribution is -0.384. The molecule has 0 fully saturated rings. The molecule has 0 saturated heterocycles. The van der Waals surface area contributed by atoms with Gasteiger partial charge in [-0.1, -0.05) is 17.7 Å². The van der Waals surface area contributed by atoms with Crippen LogP contribution in [0, 0.1) is 22.9 Å². The van der Waals surface area contributed by atoms with E-state index in [4.69, 9.17) is 11.6 Å². The molecule has 5 nitrogen and oxygen atoms in total. The lowest BCUT2D eigenvalue weighted by atomic mass is 10.2. The van der Waals surface area contributed by atoms with Crippen LogP contribution in [0.4, 0.5) is 21.6 Å². The zero-order valence-electron chi connectivity index (χ0n) is 9.85. The van der Waals surface area contributed by atoms with E-state index >= 15 is 0 Å². The van der Waals surface area contributed by atoms with Crippen molar-refractivity contribution in [3.8, 4) is 0 Å². The molecule has 1 N–H and O–H groups in total. The van der Waals surface area contributed by atoms with Crippen LogP contribution in [-0.4, -0.2) is 9.91 Å². The second-order valence-corrected chi connectivity index (χ2v) is 4.22. The molecular weight excluding hydrogens is 273 g/mol. The van der Waals surface area contributed by atoms with Crippen LogP contribution in [0.25, 0.3) is 0 Å². The minimum atomic E-state index is -0.572. The Bertz CT molecular complexity index is 649. The maximum Gasteiger partial charge on any atom is 0.276 e. The highest BCUT2D eigenvalue weighted by atomic mass is 35.5. The van der Waals surface area contributed by atoms with Gasteiger partial charge in [-0.05, 0) is 19.1 Å². The van der Waals surface area contributed by atoms with E-state index in [9.17, 15) is 14.5 Å². The first-order chi connectivity index (χ1) is 8.97. The summed E-state index contributed by atoms with van der Waals surface area (Å²) in [6, 6.07) is 6.88. The number of pyridine rings is 1. The van der Waals surface area contributed by atoms with E-state index in [0.29, 0.717) is 11.3 Å². The van der Waals surface area contributed by atoms with E-state index in [1.165, 1.54) is 18.2 Å². The summed E-state index contributed by atoms with van der Waals surface area (Å²) in [5.74, 6) is -0.186. The number of halogens is 2. The third-order valence-electron chi connectivity index (χ3n) is 2.52.